The number of aliphatic carboxylic acids is 1. The SMILES string of the molecule is O=C(O)/C=C1\CC2(NC(=O)COc3ccc(Cl)c(F)c3)CCC1(NC(=O)COc1ccc(Cl)c(F)c1)CC2. The largest absolute Gasteiger partial charge is 0.484 e. The van der Waals surface area contributed by atoms with Crippen molar-refractivity contribution in [3.8, 4) is 11.5 Å². The normalized spacial score (nSPS) is 23.1. The molecule has 12 heteroatoms. The number of hydrogen-bond acceptors (Lipinski definition) is 5. The Morgan fingerprint density at radius 1 is 0.868 bits per heavy atom. The summed E-state index contributed by atoms with van der Waals surface area (Å²) < 4.78 is 38.0. The topological polar surface area (TPSA) is 114 Å². The second kappa shape index (κ2) is 11.2. The highest BCUT2D eigenvalue weighted by Gasteiger charge is 2.53. The summed E-state index contributed by atoms with van der Waals surface area (Å²) in [6, 6.07) is 7.64. The lowest BCUT2D eigenvalue weighted by Crippen LogP contribution is -2.65. The second-order valence-electron chi connectivity index (χ2n) is 9.37. The van der Waals surface area contributed by atoms with Gasteiger partial charge in [0, 0.05) is 23.7 Å². The molecule has 5 rings (SSSR count). The maximum atomic E-state index is 13.6. The number of nitrogens with one attached hydrogen (secondary N) is 2. The molecule has 0 aromatic heterocycles. The van der Waals surface area contributed by atoms with Gasteiger partial charge in [0.05, 0.1) is 15.6 Å². The molecule has 3 aliphatic rings. The van der Waals surface area contributed by atoms with Crippen molar-refractivity contribution in [2.45, 2.75) is 43.2 Å². The van der Waals surface area contributed by atoms with E-state index >= 15 is 0 Å². The summed E-state index contributed by atoms with van der Waals surface area (Å²) in [6.07, 6.45) is 3.00. The number of carboxylic acid groups (broad SMARTS) is 1. The van der Waals surface area contributed by atoms with E-state index < -0.39 is 47.1 Å². The first-order valence-corrected chi connectivity index (χ1v) is 12.5. The minimum Gasteiger partial charge on any atom is -0.484 e. The lowest BCUT2D eigenvalue weighted by molar-refractivity contribution is -0.132. The fourth-order valence-corrected chi connectivity index (χ4v) is 5.20. The van der Waals surface area contributed by atoms with Gasteiger partial charge in [-0.25, -0.2) is 13.6 Å². The third-order valence-electron chi connectivity index (χ3n) is 6.81. The summed E-state index contributed by atoms with van der Waals surface area (Å²) >= 11 is 11.3. The van der Waals surface area contributed by atoms with Crippen molar-refractivity contribution in [1.29, 1.82) is 0 Å². The molecule has 0 heterocycles. The molecule has 3 aliphatic carbocycles. The molecule has 38 heavy (non-hydrogen) atoms. The van der Waals surface area contributed by atoms with Gasteiger partial charge in [-0.3, -0.25) is 9.59 Å². The number of halogens is 4. The Hall–Kier alpha value is -3.37. The summed E-state index contributed by atoms with van der Waals surface area (Å²) in [7, 11) is 0. The van der Waals surface area contributed by atoms with Gasteiger partial charge in [0.1, 0.15) is 23.1 Å². The Bertz CT molecular complexity index is 1290. The van der Waals surface area contributed by atoms with E-state index in [0.29, 0.717) is 31.3 Å². The first-order valence-electron chi connectivity index (χ1n) is 11.7. The summed E-state index contributed by atoms with van der Waals surface area (Å²) in [5.74, 6) is -3.21. The highest BCUT2D eigenvalue weighted by molar-refractivity contribution is 6.31. The zero-order chi connectivity index (χ0) is 27.5. The lowest BCUT2D eigenvalue weighted by atomic mass is 9.58. The fourth-order valence-electron chi connectivity index (χ4n) is 4.97. The molecule has 0 atom stereocenters. The van der Waals surface area contributed by atoms with Crippen LogP contribution in [0.25, 0.3) is 0 Å². The molecule has 0 aliphatic heterocycles. The van der Waals surface area contributed by atoms with Crippen molar-refractivity contribution in [2.24, 2.45) is 0 Å². The van der Waals surface area contributed by atoms with Gasteiger partial charge < -0.3 is 25.2 Å². The van der Waals surface area contributed by atoms with Gasteiger partial charge in [0.25, 0.3) is 11.8 Å². The highest BCUT2D eigenvalue weighted by atomic mass is 35.5. The van der Waals surface area contributed by atoms with Crippen LogP contribution in [0.4, 0.5) is 8.78 Å². The Morgan fingerprint density at radius 3 is 1.84 bits per heavy atom. The summed E-state index contributed by atoms with van der Waals surface area (Å²) in [5.41, 5.74) is -1.15. The standard InChI is InChI=1S/C26H24Cl2F2N2O6/c27-18-3-1-16(10-20(18)29)37-13-22(33)31-25-5-7-26(8-6-25,15(12-25)9-24(35)36)32-23(34)14-38-17-2-4-19(28)21(30)11-17/h1-4,9-11H,5-8,12-14H2,(H,31,33)(H,32,34)(H,35,36)/b15-9+. The van der Waals surface area contributed by atoms with Crippen LogP contribution in [-0.4, -0.2) is 47.2 Å². The van der Waals surface area contributed by atoms with Gasteiger partial charge >= 0.3 is 5.97 Å². The number of ether oxygens (including phenoxy) is 2. The molecule has 2 bridgehead atoms. The molecule has 0 saturated heterocycles. The van der Waals surface area contributed by atoms with E-state index in [1.54, 1.807) is 0 Å². The summed E-state index contributed by atoms with van der Waals surface area (Å²) in [5, 5.41) is 15.2. The third-order valence-corrected chi connectivity index (χ3v) is 7.42. The molecular weight excluding hydrogens is 545 g/mol. The monoisotopic (exact) mass is 568 g/mol. The predicted molar refractivity (Wildman–Crippen MR) is 134 cm³/mol. The van der Waals surface area contributed by atoms with E-state index in [-0.39, 0.29) is 34.6 Å². The number of carboxylic acids is 1. The number of carbonyl (C=O) groups is 3. The Labute approximate surface area is 226 Å². The molecule has 2 amide bonds. The quantitative estimate of drug-likeness (QED) is 0.386. The van der Waals surface area contributed by atoms with Crippen LogP contribution in [0.1, 0.15) is 32.1 Å². The number of hydrogen-bond donors (Lipinski definition) is 3. The van der Waals surface area contributed by atoms with E-state index in [2.05, 4.69) is 10.6 Å². The molecule has 202 valence electrons. The molecular formula is C26H24Cl2F2N2O6. The van der Waals surface area contributed by atoms with E-state index in [9.17, 15) is 28.3 Å². The molecule has 3 fully saturated rings. The molecule has 2 aromatic rings. The highest BCUT2D eigenvalue weighted by Crippen LogP contribution is 2.50. The minimum absolute atomic E-state index is 0.0659. The smallest absolute Gasteiger partial charge is 0.328 e. The van der Waals surface area contributed by atoms with Crippen molar-refractivity contribution >= 4 is 41.0 Å². The van der Waals surface area contributed by atoms with Crippen LogP contribution < -0.4 is 20.1 Å². The Morgan fingerprint density at radius 2 is 1.37 bits per heavy atom. The third kappa shape index (κ3) is 6.36. The molecule has 2 aromatic carbocycles. The van der Waals surface area contributed by atoms with Gasteiger partial charge in [-0.15, -0.1) is 0 Å². The van der Waals surface area contributed by atoms with Crippen LogP contribution in [-0.2, 0) is 14.4 Å². The van der Waals surface area contributed by atoms with Gasteiger partial charge in [-0.2, -0.15) is 0 Å². The maximum Gasteiger partial charge on any atom is 0.328 e. The van der Waals surface area contributed by atoms with Crippen LogP contribution in [0, 0.1) is 11.6 Å². The van der Waals surface area contributed by atoms with Crippen molar-refractivity contribution < 1.29 is 37.7 Å². The van der Waals surface area contributed by atoms with Crippen LogP contribution in [0.5, 0.6) is 11.5 Å². The second-order valence-corrected chi connectivity index (χ2v) is 10.2. The van der Waals surface area contributed by atoms with Gasteiger partial charge in [-0.1, -0.05) is 23.2 Å². The number of rotatable bonds is 9. The molecule has 8 nitrogen and oxygen atoms in total. The van der Waals surface area contributed by atoms with Crippen molar-refractivity contribution in [3.63, 3.8) is 0 Å². The van der Waals surface area contributed by atoms with E-state index in [4.69, 9.17) is 32.7 Å². The van der Waals surface area contributed by atoms with Crippen molar-refractivity contribution in [1.82, 2.24) is 10.6 Å². The summed E-state index contributed by atoms with van der Waals surface area (Å²) in [4.78, 5) is 36.9. The number of carbonyl (C=O) groups excluding carboxylic acids is 2. The molecule has 3 saturated carbocycles. The fraction of sp³-hybridized carbons (Fsp3) is 0.346. The number of fused-ring (bicyclic) bond motifs is 3. The minimum atomic E-state index is -1.18. The maximum absolute atomic E-state index is 13.6. The van der Waals surface area contributed by atoms with E-state index in [1.165, 1.54) is 24.3 Å². The Balaban J connectivity index is 1.38. The van der Waals surface area contributed by atoms with E-state index in [0.717, 1.165) is 18.2 Å². The average Bonchev–Trinajstić information content (AvgIpc) is 2.86. The van der Waals surface area contributed by atoms with Gasteiger partial charge in [-0.05, 0) is 61.9 Å². The Kier molecular flexibility index (Phi) is 8.13. The first-order chi connectivity index (χ1) is 18.0. The first kappa shape index (κ1) is 27.7. The molecule has 0 unspecified atom stereocenters. The summed E-state index contributed by atoms with van der Waals surface area (Å²) in [6.45, 7) is -0.779. The van der Waals surface area contributed by atoms with Crippen molar-refractivity contribution in [3.05, 3.63) is 69.7 Å². The van der Waals surface area contributed by atoms with Crippen LogP contribution >= 0.6 is 23.2 Å². The molecule has 3 N–H and O–H groups in total. The lowest BCUT2D eigenvalue weighted by Gasteiger charge is -2.55. The zero-order valence-corrected chi connectivity index (χ0v) is 21.5. The number of benzene rings is 2. The van der Waals surface area contributed by atoms with Gasteiger partial charge in [0.15, 0.2) is 13.2 Å². The van der Waals surface area contributed by atoms with E-state index in [1.807, 2.05) is 0 Å². The van der Waals surface area contributed by atoms with Gasteiger partial charge in [0.2, 0.25) is 0 Å². The van der Waals surface area contributed by atoms with Crippen LogP contribution in [0.3, 0.4) is 0 Å². The molecule has 0 spiro atoms. The van der Waals surface area contributed by atoms with Crippen LogP contribution in [0.15, 0.2) is 48.0 Å². The number of amides is 2. The van der Waals surface area contributed by atoms with Crippen LogP contribution in [0.2, 0.25) is 10.0 Å². The molecule has 0 radical (unpaired) electrons. The predicted octanol–water partition coefficient (Wildman–Crippen LogP) is 4.43. The van der Waals surface area contributed by atoms with Crippen molar-refractivity contribution in [2.75, 3.05) is 13.2 Å². The zero-order valence-electron chi connectivity index (χ0n) is 20.0. The average molecular weight is 569 g/mol.